The Morgan fingerprint density at radius 1 is 1.06 bits per heavy atom. The monoisotopic (exact) mass is 420 g/mol. The number of benzene rings is 1. The van der Waals surface area contributed by atoms with Gasteiger partial charge in [0, 0.05) is 44.3 Å². The number of rotatable bonds is 6. The summed E-state index contributed by atoms with van der Waals surface area (Å²) >= 11 is 0. The maximum Gasteiger partial charge on any atom is 0.287 e. The van der Waals surface area contributed by atoms with Gasteiger partial charge in [0.05, 0.1) is 11.8 Å². The minimum Gasteiger partial charge on any atom is -0.459 e. The summed E-state index contributed by atoms with van der Waals surface area (Å²) in [5.41, 5.74) is 2.23. The van der Waals surface area contributed by atoms with Crippen molar-refractivity contribution >= 4 is 22.7 Å². The average molecular weight is 421 g/mol. The molecule has 31 heavy (non-hydrogen) atoms. The zero-order chi connectivity index (χ0) is 21.8. The summed E-state index contributed by atoms with van der Waals surface area (Å²) in [6.45, 7) is 7.52. The molecule has 3 aromatic rings. The van der Waals surface area contributed by atoms with Gasteiger partial charge in [-0.15, -0.1) is 0 Å². The second-order valence-electron chi connectivity index (χ2n) is 8.27. The van der Waals surface area contributed by atoms with E-state index in [-0.39, 0.29) is 23.5 Å². The molecule has 162 valence electrons. The molecular weight excluding hydrogens is 392 g/mol. The second-order valence-corrected chi connectivity index (χ2v) is 8.27. The molecular formula is C24H28N4O3. The molecule has 7 heteroatoms. The first-order valence-corrected chi connectivity index (χ1v) is 10.7. The van der Waals surface area contributed by atoms with Crippen LogP contribution >= 0.6 is 0 Å². The lowest BCUT2D eigenvalue weighted by molar-refractivity contribution is -0.136. The second kappa shape index (κ2) is 9.31. The van der Waals surface area contributed by atoms with Crippen molar-refractivity contribution in [2.24, 2.45) is 5.92 Å². The molecule has 1 aromatic carbocycles. The van der Waals surface area contributed by atoms with Gasteiger partial charge in [-0.3, -0.25) is 19.5 Å². The molecule has 1 unspecified atom stereocenters. The number of nitrogens with zero attached hydrogens (tertiary/aromatic N) is 3. The molecule has 0 radical (unpaired) electrons. The number of piperazine rings is 1. The number of para-hydroxylation sites is 1. The highest BCUT2D eigenvalue weighted by Crippen LogP contribution is 2.19. The first-order chi connectivity index (χ1) is 15.0. The lowest BCUT2D eigenvalue weighted by Gasteiger charge is -2.37. The van der Waals surface area contributed by atoms with E-state index in [0.29, 0.717) is 13.1 Å². The van der Waals surface area contributed by atoms with Crippen molar-refractivity contribution in [3.8, 4) is 0 Å². The molecule has 1 fully saturated rings. The van der Waals surface area contributed by atoms with Crippen molar-refractivity contribution in [2.45, 2.75) is 26.4 Å². The average Bonchev–Trinajstić information content (AvgIpc) is 3.33. The smallest absolute Gasteiger partial charge is 0.287 e. The molecule has 0 saturated carbocycles. The Bertz CT molecular complexity index is 1030. The summed E-state index contributed by atoms with van der Waals surface area (Å²) in [6, 6.07) is 13.0. The maximum absolute atomic E-state index is 13.1. The number of hydrogen-bond donors (Lipinski definition) is 1. The first-order valence-electron chi connectivity index (χ1n) is 10.7. The normalized spacial score (nSPS) is 15.9. The van der Waals surface area contributed by atoms with E-state index in [0.717, 1.165) is 30.5 Å². The van der Waals surface area contributed by atoms with Gasteiger partial charge in [0.2, 0.25) is 5.91 Å². The number of aromatic nitrogens is 1. The Balaban J connectivity index is 1.36. The van der Waals surface area contributed by atoms with Crippen molar-refractivity contribution in [1.29, 1.82) is 0 Å². The van der Waals surface area contributed by atoms with Crippen LogP contribution < -0.4 is 5.32 Å². The number of amides is 2. The number of hydrogen-bond acceptors (Lipinski definition) is 5. The quantitative estimate of drug-likeness (QED) is 0.663. The van der Waals surface area contributed by atoms with Gasteiger partial charge in [-0.05, 0) is 29.7 Å². The van der Waals surface area contributed by atoms with E-state index in [2.05, 4.69) is 39.5 Å². The summed E-state index contributed by atoms with van der Waals surface area (Å²) in [5, 5.41) is 3.98. The molecule has 2 amide bonds. The standard InChI is InChI=1S/C24H28N4O3/c1-17(2)21(26-23(29)20-9-5-15-31-20)24(30)28-13-11-27(12-14-28)16-19-7-3-6-18-8-4-10-25-22(18)19/h3-10,15,17,21H,11-14,16H2,1-2H3,(H,26,29). The Hall–Kier alpha value is -3.19. The van der Waals surface area contributed by atoms with E-state index in [1.54, 1.807) is 12.1 Å². The zero-order valence-corrected chi connectivity index (χ0v) is 18.0. The summed E-state index contributed by atoms with van der Waals surface area (Å²) < 4.78 is 5.15. The lowest BCUT2D eigenvalue weighted by atomic mass is 10.0. The Morgan fingerprint density at radius 3 is 2.55 bits per heavy atom. The molecule has 0 aliphatic carbocycles. The van der Waals surface area contributed by atoms with Crippen molar-refractivity contribution in [3.05, 3.63) is 66.2 Å². The van der Waals surface area contributed by atoms with E-state index in [1.807, 2.05) is 31.0 Å². The highest BCUT2D eigenvalue weighted by molar-refractivity contribution is 5.95. The van der Waals surface area contributed by atoms with Crippen LogP contribution in [0.15, 0.2) is 59.3 Å². The topological polar surface area (TPSA) is 78.7 Å². The molecule has 1 aliphatic heterocycles. The predicted octanol–water partition coefficient (Wildman–Crippen LogP) is 2.93. The van der Waals surface area contributed by atoms with E-state index >= 15 is 0 Å². The third kappa shape index (κ3) is 4.77. The molecule has 1 aliphatic rings. The summed E-state index contributed by atoms with van der Waals surface area (Å²) in [5.74, 6) is -0.210. The number of nitrogens with one attached hydrogen (secondary N) is 1. The van der Waals surface area contributed by atoms with Crippen LogP contribution in [-0.2, 0) is 11.3 Å². The molecule has 1 N–H and O–H groups in total. The molecule has 2 aromatic heterocycles. The molecule has 0 spiro atoms. The van der Waals surface area contributed by atoms with E-state index in [1.165, 1.54) is 11.8 Å². The molecule has 3 heterocycles. The molecule has 1 atom stereocenters. The Morgan fingerprint density at radius 2 is 1.84 bits per heavy atom. The van der Waals surface area contributed by atoms with Gasteiger partial charge >= 0.3 is 0 Å². The van der Waals surface area contributed by atoms with Gasteiger partial charge in [-0.1, -0.05) is 38.1 Å². The van der Waals surface area contributed by atoms with Crippen LogP contribution in [0.2, 0.25) is 0 Å². The van der Waals surface area contributed by atoms with Crippen LogP contribution in [0.5, 0.6) is 0 Å². The van der Waals surface area contributed by atoms with Crippen LogP contribution in [0.4, 0.5) is 0 Å². The molecule has 7 nitrogen and oxygen atoms in total. The van der Waals surface area contributed by atoms with Crippen LogP contribution in [0, 0.1) is 5.92 Å². The van der Waals surface area contributed by atoms with E-state index in [4.69, 9.17) is 4.42 Å². The van der Waals surface area contributed by atoms with Crippen molar-refractivity contribution < 1.29 is 14.0 Å². The highest BCUT2D eigenvalue weighted by Gasteiger charge is 2.31. The van der Waals surface area contributed by atoms with Gasteiger partial charge < -0.3 is 14.6 Å². The number of carbonyl (C=O) groups is 2. The fourth-order valence-corrected chi connectivity index (χ4v) is 3.99. The van der Waals surface area contributed by atoms with E-state index in [9.17, 15) is 9.59 Å². The number of furan rings is 1. The number of carbonyl (C=O) groups excluding carboxylic acids is 2. The van der Waals surface area contributed by atoms with Crippen molar-refractivity contribution in [2.75, 3.05) is 26.2 Å². The first kappa shape index (κ1) is 21.1. The largest absolute Gasteiger partial charge is 0.459 e. The summed E-state index contributed by atoms with van der Waals surface area (Å²) in [4.78, 5) is 34.3. The Labute approximate surface area is 182 Å². The van der Waals surface area contributed by atoms with Crippen LogP contribution in [0.25, 0.3) is 10.9 Å². The fraction of sp³-hybridized carbons (Fsp3) is 0.375. The van der Waals surface area contributed by atoms with Gasteiger partial charge in [-0.2, -0.15) is 0 Å². The number of fused-ring (bicyclic) bond motifs is 1. The third-order valence-corrected chi connectivity index (χ3v) is 5.76. The van der Waals surface area contributed by atoms with Gasteiger partial charge in [-0.25, -0.2) is 0 Å². The summed E-state index contributed by atoms with van der Waals surface area (Å²) in [7, 11) is 0. The Kier molecular flexibility index (Phi) is 6.32. The predicted molar refractivity (Wildman–Crippen MR) is 118 cm³/mol. The SMILES string of the molecule is CC(C)C(NC(=O)c1ccco1)C(=O)N1CCN(Cc2cccc3cccnc23)CC1. The van der Waals surface area contributed by atoms with Gasteiger partial charge in [0.1, 0.15) is 6.04 Å². The number of pyridine rings is 1. The van der Waals surface area contributed by atoms with Gasteiger partial charge in [0.15, 0.2) is 5.76 Å². The third-order valence-electron chi connectivity index (χ3n) is 5.76. The molecule has 0 bridgehead atoms. The molecule has 4 rings (SSSR count). The minimum absolute atomic E-state index is 0.0220. The van der Waals surface area contributed by atoms with Crippen LogP contribution in [-0.4, -0.2) is 58.8 Å². The molecule has 1 saturated heterocycles. The fourth-order valence-electron chi connectivity index (χ4n) is 3.99. The zero-order valence-electron chi connectivity index (χ0n) is 18.0. The lowest BCUT2D eigenvalue weighted by Crippen LogP contribution is -2.56. The van der Waals surface area contributed by atoms with Crippen LogP contribution in [0.1, 0.15) is 30.0 Å². The van der Waals surface area contributed by atoms with Gasteiger partial charge in [0.25, 0.3) is 5.91 Å². The van der Waals surface area contributed by atoms with E-state index < -0.39 is 6.04 Å². The van der Waals surface area contributed by atoms with Crippen molar-refractivity contribution in [1.82, 2.24) is 20.1 Å². The maximum atomic E-state index is 13.1. The van der Waals surface area contributed by atoms with Crippen molar-refractivity contribution in [3.63, 3.8) is 0 Å². The highest BCUT2D eigenvalue weighted by atomic mass is 16.3. The summed E-state index contributed by atoms with van der Waals surface area (Å²) in [6.07, 6.45) is 3.28. The van der Waals surface area contributed by atoms with Crippen LogP contribution in [0.3, 0.4) is 0 Å². The minimum atomic E-state index is -0.577.